The number of halogens is 1. The second-order valence-corrected chi connectivity index (χ2v) is 9.13. The molecule has 1 aliphatic heterocycles. The Morgan fingerprint density at radius 2 is 1.83 bits per heavy atom. The van der Waals surface area contributed by atoms with Crippen LogP contribution < -0.4 is 10.6 Å². The molecular weight excluding hydrogens is 466 g/mol. The minimum absolute atomic E-state index is 0.208. The van der Waals surface area contributed by atoms with Crippen LogP contribution in [0.25, 0.3) is 16.7 Å². The fourth-order valence-electron chi connectivity index (χ4n) is 4.46. The largest absolute Gasteiger partial charge is 0.465 e. The first-order valence-corrected chi connectivity index (χ1v) is 11.8. The summed E-state index contributed by atoms with van der Waals surface area (Å²) in [7, 11) is 3.47. The van der Waals surface area contributed by atoms with E-state index >= 15 is 0 Å². The molecule has 0 saturated carbocycles. The lowest BCUT2D eigenvalue weighted by Gasteiger charge is -2.33. The summed E-state index contributed by atoms with van der Waals surface area (Å²) in [6.45, 7) is 4.12. The average molecular weight is 492 g/mol. The molecule has 4 aromatic rings. The van der Waals surface area contributed by atoms with Crippen molar-refractivity contribution in [3.8, 4) is 5.69 Å². The summed E-state index contributed by atoms with van der Waals surface area (Å²) < 4.78 is 8.14. The van der Waals surface area contributed by atoms with Crippen molar-refractivity contribution in [2.45, 2.75) is 6.54 Å². The predicted molar refractivity (Wildman–Crippen MR) is 137 cm³/mol. The molecule has 0 spiro atoms. The minimum atomic E-state index is -0.417. The van der Waals surface area contributed by atoms with Crippen molar-refractivity contribution < 1.29 is 9.53 Å². The van der Waals surface area contributed by atoms with Gasteiger partial charge in [-0.05, 0) is 55.1 Å². The number of hydrogen-bond donors (Lipinski definition) is 0. The Balaban J connectivity index is 1.54. The molecule has 3 heterocycles. The quantitative estimate of drug-likeness (QED) is 0.398. The van der Waals surface area contributed by atoms with Crippen molar-refractivity contribution in [2.75, 3.05) is 45.2 Å². The fraction of sp³-hybridized carbons (Fsp3) is 0.269. The zero-order chi connectivity index (χ0) is 24.5. The van der Waals surface area contributed by atoms with Gasteiger partial charge in [0.05, 0.1) is 42.1 Å². The summed E-state index contributed by atoms with van der Waals surface area (Å²) in [5.74, 6) is 0.483. The molecule has 1 aliphatic rings. The maximum Gasteiger partial charge on any atom is 0.337 e. The zero-order valence-corrected chi connectivity index (χ0v) is 20.4. The van der Waals surface area contributed by atoms with Gasteiger partial charge in [0.1, 0.15) is 5.82 Å². The van der Waals surface area contributed by atoms with Crippen molar-refractivity contribution in [3.63, 3.8) is 0 Å². The number of fused-ring (bicyclic) bond motifs is 1. The van der Waals surface area contributed by atoms with Gasteiger partial charge in [0.25, 0.3) is 0 Å². The van der Waals surface area contributed by atoms with E-state index in [1.807, 2.05) is 24.3 Å². The Morgan fingerprint density at radius 3 is 2.54 bits per heavy atom. The Bertz CT molecular complexity index is 1440. The van der Waals surface area contributed by atoms with E-state index in [1.54, 1.807) is 45.7 Å². The normalized spacial score (nSPS) is 14.4. The Kier molecular flexibility index (Phi) is 6.32. The highest BCUT2D eigenvalue weighted by molar-refractivity contribution is 6.31. The fourth-order valence-corrected chi connectivity index (χ4v) is 4.63. The molecule has 0 N–H and O–H groups in total. The summed E-state index contributed by atoms with van der Waals surface area (Å²) >= 11 is 6.31. The minimum Gasteiger partial charge on any atom is -0.465 e. The average Bonchev–Trinajstić information content (AvgIpc) is 3.14. The molecule has 0 amide bonds. The number of piperazine rings is 1. The number of aromatic nitrogens is 3. The Labute approximate surface area is 207 Å². The number of methoxy groups -OCH3 is 1. The first-order valence-electron chi connectivity index (χ1n) is 11.4. The molecule has 1 fully saturated rings. The van der Waals surface area contributed by atoms with E-state index in [2.05, 4.69) is 21.8 Å². The van der Waals surface area contributed by atoms with Crippen LogP contribution in [-0.2, 0) is 11.3 Å². The topological polar surface area (TPSA) is 72.6 Å². The van der Waals surface area contributed by atoms with Crippen LogP contribution in [0.1, 0.15) is 15.9 Å². The van der Waals surface area contributed by atoms with E-state index in [-0.39, 0.29) is 5.69 Å². The molecule has 8 nitrogen and oxygen atoms in total. The number of likely N-dealkylation sites (N-methyl/N-ethyl adjacent to an activating group) is 1. The highest BCUT2D eigenvalue weighted by Crippen LogP contribution is 2.24. The lowest BCUT2D eigenvalue weighted by atomic mass is 10.1. The molecule has 180 valence electrons. The number of esters is 1. The summed E-state index contributed by atoms with van der Waals surface area (Å²) in [5.41, 5.74) is 3.15. The molecule has 2 aromatic carbocycles. The van der Waals surface area contributed by atoms with E-state index in [9.17, 15) is 9.59 Å². The lowest BCUT2D eigenvalue weighted by Crippen LogP contribution is -2.44. The van der Waals surface area contributed by atoms with Crippen molar-refractivity contribution in [1.82, 2.24) is 19.0 Å². The lowest BCUT2D eigenvalue weighted by molar-refractivity contribution is 0.0600. The zero-order valence-electron chi connectivity index (χ0n) is 19.6. The third kappa shape index (κ3) is 4.54. The number of anilines is 1. The van der Waals surface area contributed by atoms with E-state index in [4.69, 9.17) is 16.3 Å². The van der Waals surface area contributed by atoms with Gasteiger partial charge in [-0.1, -0.05) is 23.7 Å². The predicted octanol–water partition coefficient (Wildman–Crippen LogP) is 3.43. The van der Waals surface area contributed by atoms with Crippen LogP contribution in [0.4, 0.5) is 5.82 Å². The first-order chi connectivity index (χ1) is 16.9. The number of ether oxygens (including phenoxy) is 1. The highest BCUT2D eigenvalue weighted by Gasteiger charge is 2.18. The van der Waals surface area contributed by atoms with Gasteiger partial charge in [-0.25, -0.2) is 14.6 Å². The van der Waals surface area contributed by atoms with Crippen LogP contribution in [0, 0.1) is 0 Å². The summed E-state index contributed by atoms with van der Waals surface area (Å²) in [6.07, 6.45) is 1.73. The third-order valence-electron chi connectivity index (χ3n) is 6.40. The molecule has 5 rings (SSSR count). The van der Waals surface area contributed by atoms with Crippen LogP contribution in [-0.4, -0.2) is 65.3 Å². The molecular formula is C26H26ClN5O3. The molecule has 9 heteroatoms. The Hall–Kier alpha value is -3.62. The van der Waals surface area contributed by atoms with Gasteiger partial charge >= 0.3 is 11.7 Å². The molecule has 2 aromatic heterocycles. The molecule has 0 unspecified atom stereocenters. The monoisotopic (exact) mass is 491 g/mol. The van der Waals surface area contributed by atoms with Crippen LogP contribution in [0.5, 0.6) is 0 Å². The maximum absolute atomic E-state index is 13.6. The number of hydrogen-bond acceptors (Lipinski definition) is 6. The number of pyridine rings is 1. The summed E-state index contributed by atoms with van der Waals surface area (Å²) in [5, 5.41) is 0.540. The maximum atomic E-state index is 13.6. The summed E-state index contributed by atoms with van der Waals surface area (Å²) in [6, 6.07) is 16.4. The van der Waals surface area contributed by atoms with Crippen LogP contribution in [0.2, 0.25) is 5.02 Å². The van der Waals surface area contributed by atoms with Crippen molar-refractivity contribution >= 4 is 34.4 Å². The van der Waals surface area contributed by atoms with Crippen molar-refractivity contribution in [3.05, 3.63) is 87.4 Å². The van der Waals surface area contributed by atoms with E-state index in [0.29, 0.717) is 28.3 Å². The van der Waals surface area contributed by atoms with Crippen molar-refractivity contribution in [2.24, 2.45) is 0 Å². The number of imidazole rings is 1. The summed E-state index contributed by atoms with van der Waals surface area (Å²) in [4.78, 5) is 34.8. The van der Waals surface area contributed by atoms with Crippen LogP contribution in [0.3, 0.4) is 0 Å². The van der Waals surface area contributed by atoms with E-state index in [1.165, 1.54) is 7.11 Å². The molecule has 0 bridgehead atoms. The van der Waals surface area contributed by atoms with Gasteiger partial charge in [0.15, 0.2) is 0 Å². The van der Waals surface area contributed by atoms with Gasteiger partial charge in [0.2, 0.25) is 0 Å². The first kappa shape index (κ1) is 23.1. The number of benzene rings is 2. The van der Waals surface area contributed by atoms with Gasteiger partial charge < -0.3 is 14.5 Å². The number of carbonyl (C=O) groups excluding carboxylic acids is 1. The number of nitrogens with zero attached hydrogens (tertiary/aromatic N) is 5. The van der Waals surface area contributed by atoms with E-state index < -0.39 is 5.97 Å². The molecule has 35 heavy (non-hydrogen) atoms. The number of carbonyl (C=O) groups is 1. The third-order valence-corrected chi connectivity index (χ3v) is 6.63. The Morgan fingerprint density at radius 1 is 1.03 bits per heavy atom. The molecule has 0 aliphatic carbocycles. The number of rotatable bonds is 5. The van der Waals surface area contributed by atoms with Gasteiger partial charge in [0, 0.05) is 31.2 Å². The second-order valence-electron chi connectivity index (χ2n) is 8.69. The highest BCUT2D eigenvalue weighted by atomic mass is 35.5. The molecule has 1 saturated heterocycles. The SMILES string of the molecule is COC(=O)c1cccc(Cn2c(=O)n(-c3ccc(N4CCN(C)CC4)nc3)c3cc(Cl)ccc32)c1. The van der Waals surface area contributed by atoms with Crippen LogP contribution >= 0.6 is 11.6 Å². The van der Waals surface area contributed by atoms with Crippen LogP contribution in [0.15, 0.2) is 65.6 Å². The van der Waals surface area contributed by atoms with Gasteiger partial charge in [-0.3, -0.25) is 9.13 Å². The second kappa shape index (κ2) is 9.56. The standard InChI is InChI=1S/C26H26ClN5O3/c1-29-10-12-30(13-11-29)24-9-7-21(16-28-24)32-23-15-20(27)6-8-22(23)31(26(32)34)17-18-4-3-5-19(14-18)25(33)35-2/h3-9,14-16H,10-13,17H2,1-2H3. The van der Waals surface area contributed by atoms with E-state index in [0.717, 1.165) is 43.1 Å². The molecule has 0 atom stereocenters. The smallest absolute Gasteiger partial charge is 0.337 e. The molecule has 0 radical (unpaired) electrons. The van der Waals surface area contributed by atoms with Gasteiger partial charge in [-0.15, -0.1) is 0 Å². The van der Waals surface area contributed by atoms with Crippen molar-refractivity contribution in [1.29, 1.82) is 0 Å². The van der Waals surface area contributed by atoms with Gasteiger partial charge in [-0.2, -0.15) is 0 Å².